The Morgan fingerprint density at radius 2 is 1.96 bits per heavy atom. The third kappa shape index (κ3) is 5.07. The van der Waals surface area contributed by atoms with E-state index in [4.69, 9.17) is 5.73 Å². The Balaban J connectivity index is 0.00000243. The standard InChI is InChI=1S/C18H21N5O2.HI/c19-18(22-15-9-8-13-4-3-5-14(13)12-15)21-11-10-20-16-6-1-2-7-17(16)23(24)25;/h1-2,6-9,12,20H,3-5,10-11H2,(H3,19,21,22);1H. The number of halogens is 1. The van der Waals surface area contributed by atoms with Gasteiger partial charge in [-0.2, -0.15) is 0 Å². The number of benzene rings is 2. The number of anilines is 2. The van der Waals surface area contributed by atoms with Crippen molar-refractivity contribution < 1.29 is 4.92 Å². The van der Waals surface area contributed by atoms with Gasteiger partial charge in [0.2, 0.25) is 0 Å². The van der Waals surface area contributed by atoms with Gasteiger partial charge in [-0.3, -0.25) is 15.1 Å². The number of nitro groups is 1. The molecular formula is C18H22IN5O2. The summed E-state index contributed by atoms with van der Waals surface area (Å²) in [5, 5.41) is 17.1. The monoisotopic (exact) mass is 467 g/mol. The molecule has 1 aliphatic carbocycles. The average molecular weight is 467 g/mol. The first-order chi connectivity index (χ1) is 12.1. The first-order valence-electron chi connectivity index (χ1n) is 8.29. The Labute approximate surface area is 169 Å². The van der Waals surface area contributed by atoms with Crippen LogP contribution in [-0.2, 0) is 12.8 Å². The van der Waals surface area contributed by atoms with Crippen molar-refractivity contribution in [3.05, 3.63) is 63.7 Å². The predicted octanol–water partition coefficient (Wildman–Crippen LogP) is 3.54. The second-order valence-electron chi connectivity index (χ2n) is 5.93. The Bertz CT molecular complexity index is 810. The van der Waals surface area contributed by atoms with Gasteiger partial charge < -0.3 is 16.4 Å². The van der Waals surface area contributed by atoms with Crippen LogP contribution in [0.4, 0.5) is 17.1 Å². The number of para-hydroxylation sites is 2. The molecule has 2 aromatic carbocycles. The summed E-state index contributed by atoms with van der Waals surface area (Å²) in [5.74, 6) is 0.335. The molecule has 138 valence electrons. The number of guanidine groups is 1. The van der Waals surface area contributed by atoms with Gasteiger partial charge in [-0.1, -0.05) is 18.2 Å². The molecule has 0 fully saturated rings. The molecule has 1 aliphatic rings. The predicted molar refractivity (Wildman–Crippen MR) is 116 cm³/mol. The quantitative estimate of drug-likeness (QED) is 0.151. The van der Waals surface area contributed by atoms with Crippen LogP contribution >= 0.6 is 24.0 Å². The Kier molecular flexibility index (Phi) is 7.19. The van der Waals surface area contributed by atoms with Crippen LogP contribution in [0.2, 0.25) is 0 Å². The SMILES string of the molecule is I.NC(=NCCNc1ccccc1[N+](=O)[O-])Nc1ccc2c(c1)CCC2. The largest absolute Gasteiger partial charge is 0.378 e. The molecule has 0 atom stereocenters. The Morgan fingerprint density at radius 1 is 1.19 bits per heavy atom. The van der Waals surface area contributed by atoms with Crippen molar-refractivity contribution in [1.82, 2.24) is 0 Å². The topological polar surface area (TPSA) is 106 Å². The summed E-state index contributed by atoms with van der Waals surface area (Å²) in [7, 11) is 0. The van der Waals surface area contributed by atoms with Gasteiger partial charge in [-0.15, -0.1) is 24.0 Å². The number of hydrogen-bond donors (Lipinski definition) is 3. The molecule has 3 rings (SSSR count). The van der Waals surface area contributed by atoms with E-state index in [1.807, 2.05) is 6.07 Å². The number of nitrogens with two attached hydrogens (primary N) is 1. The fraction of sp³-hybridized carbons (Fsp3) is 0.278. The minimum Gasteiger partial charge on any atom is -0.378 e. The van der Waals surface area contributed by atoms with Crippen LogP contribution < -0.4 is 16.4 Å². The Morgan fingerprint density at radius 3 is 2.77 bits per heavy atom. The van der Waals surface area contributed by atoms with Crippen molar-refractivity contribution in [3.8, 4) is 0 Å². The summed E-state index contributed by atoms with van der Waals surface area (Å²) < 4.78 is 0. The van der Waals surface area contributed by atoms with Crippen molar-refractivity contribution >= 4 is 47.0 Å². The molecule has 0 unspecified atom stereocenters. The van der Waals surface area contributed by atoms with Gasteiger partial charge in [0, 0.05) is 18.3 Å². The molecule has 26 heavy (non-hydrogen) atoms. The van der Waals surface area contributed by atoms with E-state index < -0.39 is 4.92 Å². The molecule has 0 aromatic heterocycles. The van der Waals surface area contributed by atoms with Crippen molar-refractivity contribution in [3.63, 3.8) is 0 Å². The molecule has 0 bridgehead atoms. The molecule has 7 nitrogen and oxygen atoms in total. The molecule has 0 aliphatic heterocycles. The van der Waals surface area contributed by atoms with E-state index in [0.717, 1.165) is 18.5 Å². The molecule has 0 saturated heterocycles. The zero-order chi connectivity index (χ0) is 17.6. The summed E-state index contributed by atoms with van der Waals surface area (Å²) in [5.41, 5.74) is 10.2. The highest BCUT2D eigenvalue weighted by Gasteiger charge is 2.12. The molecule has 0 amide bonds. The van der Waals surface area contributed by atoms with Gasteiger partial charge in [0.25, 0.3) is 5.69 Å². The molecule has 0 radical (unpaired) electrons. The lowest BCUT2D eigenvalue weighted by Crippen LogP contribution is -2.23. The first kappa shape index (κ1) is 20.0. The maximum absolute atomic E-state index is 11.0. The minimum atomic E-state index is -0.407. The van der Waals surface area contributed by atoms with Crippen molar-refractivity contribution in [2.24, 2.45) is 10.7 Å². The summed E-state index contributed by atoms with van der Waals surface area (Å²) in [6.45, 7) is 0.868. The summed E-state index contributed by atoms with van der Waals surface area (Å²) >= 11 is 0. The lowest BCUT2D eigenvalue weighted by atomic mass is 10.1. The van der Waals surface area contributed by atoms with Gasteiger partial charge in [0.1, 0.15) is 5.69 Å². The maximum atomic E-state index is 11.0. The lowest BCUT2D eigenvalue weighted by Gasteiger charge is -2.08. The number of hydrogen-bond acceptors (Lipinski definition) is 4. The normalized spacial score (nSPS) is 12.8. The number of nitrogens with one attached hydrogen (secondary N) is 2. The van der Waals surface area contributed by atoms with Crippen molar-refractivity contribution in [2.75, 3.05) is 23.7 Å². The van der Waals surface area contributed by atoms with E-state index >= 15 is 0 Å². The average Bonchev–Trinajstić information content (AvgIpc) is 3.06. The first-order valence-corrected chi connectivity index (χ1v) is 8.29. The van der Waals surface area contributed by atoms with Crippen LogP contribution in [0.5, 0.6) is 0 Å². The van der Waals surface area contributed by atoms with E-state index in [-0.39, 0.29) is 29.7 Å². The molecule has 2 aromatic rings. The molecule has 0 saturated carbocycles. The van der Waals surface area contributed by atoms with Crippen LogP contribution in [0, 0.1) is 10.1 Å². The zero-order valence-electron chi connectivity index (χ0n) is 14.3. The second kappa shape index (κ2) is 9.37. The van der Waals surface area contributed by atoms with Crippen molar-refractivity contribution in [1.29, 1.82) is 0 Å². The van der Waals surface area contributed by atoms with Crippen LogP contribution in [0.1, 0.15) is 17.5 Å². The minimum absolute atomic E-state index is 0. The van der Waals surface area contributed by atoms with Gasteiger partial charge in [-0.05, 0) is 48.6 Å². The number of nitrogens with zero attached hydrogens (tertiary/aromatic N) is 2. The van der Waals surface area contributed by atoms with E-state index in [0.29, 0.717) is 24.7 Å². The van der Waals surface area contributed by atoms with Gasteiger partial charge in [-0.25, -0.2) is 0 Å². The fourth-order valence-corrected chi connectivity index (χ4v) is 2.99. The maximum Gasteiger partial charge on any atom is 0.292 e. The van der Waals surface area contributed by atoms with Crippen molar-refractivity contribution in [2.45, 2.75) is 19.3 Å². The van der Waals surface area contributed by atoms with Gasteiger partial charge >= 0.3 is 0 Å². The molecule has 8 heteroatoms. The van der Waals surface area contributed by atoms with Crippen LogP contribution in [0.25, 0.3) is 0 Å². The van der Waals surface area contributed by atoms with E-state index in [9.17, 15) is 10.1 Å². The molecule has 0 spiro atoms. The molecule has 4 N–H and O–H groups in total. The van der Waals surface area contributed by atoms with Crippen LogP contribution in [-0.4, -0.2) is 24.0 Å². The fourth-order valence-electron chi connectivity index (χ4n) is 2.99. The summed E-state index contributed by atoms with van der Waals surface area (Å²) in [4.78, 5) is 14.8. The number of aryl methyl sites for hydroxylation is 2. The number of fused-ring (bicyclic) bond motifs is 1. The van der Waals surface area contributed by atoms with Crippen LogP contribution in [0.15, 0.2) is 47.5 Å². The molecular weight excluding hydrogens is 445 g/mol. The summed E-state index contributed by atoms with van der Waals surface area (Å²) in [6.07, 6.45) is 3.47. The zero-order valence-corrected chi connectivity index (χ0v) is 16.6. The summed E-state index contributed by atoms with van der Waals surface area (Å²) in [6, 6.07) is 12.8. The number of aliphatic imine (C=N–C) groups is 1. The van der Waals surface area contributed by atoms with E-state index in [2.05, 4.69) is 27.8 Å². The highest BCUT2D eigenvalue weighted by molar-refractivity contribution is 14.0. The highest BCUT2D eigenvalue weighted by Crippen LogP contribution is 2.25. The number of nitro benzene ring substituents is 1. The van der Waals surface area contributed by atoms with E-state index in [1.54, 1.807) is 18.2 Å². The third-order valence-electron chi connectivity index (χ3n) is 4.18. The van der Waals surface area contributed by atoms with Crippen LogP contribution in [0.3, 0.4) is 0 Å². The molecule has 0 heterocycles. The van der Waals surface area contributed by atoms with E-state index in [1.165, 1.54) is 23.6 Å². The van der Waals surface area contributed by atoms with Gasteiger partial charge in [0.15, 0.2) is 5.96 Å². The lowest BCUT2D eigenvalue weighted by molar-refractivity contribution is -0.384. The smallest absolute Gasteiger partial charge is 0.292 e. The number of rotatable bonds is 6. The Hall–Kier alpha value is -2.36. The second-order valence-corrected chi connectivity index (χ2v) is 5.93. The highest BCUT2D eigenvalue weighted by atomic mass is 127. The van der Waals surface area contributed by atoms with Gasteiger partial charge in [0.05, 0.1) is 11.5 Å². The third-order valence-corrected chi connectivity index (χ3v) is 4.18.